The first-order chi connectivity index (χ1) is 14.5. The number of nitrogens with one attached hydrogen (secondary N) is 2. The Balaban J connectivity index is 1.77. The normalized spacial score (nSPS) is 25.7. The number of hydrogen-bond donors (Lipinski definition) is 3. The number of amides is 2. The van der Waals surface area contributed by atoms with Crippen LogP contribution in [-0.2, 0) is 27.3 Å². The van der Waals surface area contributed by atoms with Gasteiger partial charge >= 0.3 is 5.97 Å². The standard InChI is InChI=1S/C22H34N4O4/c27-19-11-7-2-1-3-8-12-26-14-17(23-15-26)13-18(22(29)30)24-21(28)20(25-19)16-9-5-4-6-10-16/h14-16,18,20H,1-13H2,(H,24,28)(H,25,27)(H,29,30). The maximum Gasteiger partial charge on any atom is 0.326 e. The molecule has 2 heterocycles. The number of aromatic nitrogens is 2. The molecule has 3 N–H and O–H groups in total. The molecule has 8 nitrogen and oxygen atoms in total. The van der Waals surface area contributed by atoms with Gasteiger partial charge in [0.15, 0.2) is 0 Å². The zero-order chi connectivity index (χ0) is 21.3. The Morgan fingerprint density at radius 3 is 2.47 bits per heavy atom. The van der Waals surface area contributed by atoms with Crippen molar-refractivity contribution in [1.82, 2.24) is 20.2 Å². The summed E-state index contributed by atoms with van der Waals surface area (Å²) < 4.78 is 1.98. The summed E-state index contributed by atoms with van der Waals surface area (Å²) in [6.07, 6.45) is 14.0. The summed E-state index contributed by atoms with van der Waals surface area (Å²) in [5.41, 5.74) is 0.644. The first-order valence-corrected chi connectivity index (χ1v) is 11.4. The van der Waals surface area contributed by atoms with Crippen LogP contribution in [0.25, 0.3) is 0 Å². The molecule has 1 fully saturated rings. The fourth-order valence-corrected chi connectivity index (χ4v) is 4.53. The molecule has 2 unspecified atom stereocenters. The van der Waals surface area contributed by atoms with Crippen LogP contribution in [0.15, 0.2) is 12.5 Å². The van der Waals surface area contributed by atoms with Gasteiger partial charge in [0.25, 0.3) is 0 Å². The molecular formula is C22H34N4O4. The number of aryl methyl sites for hydroxylation is 1. The second-order valence-corrected chi connectivity index (χ2v) is 8.67. The molecule has 1 aliphatic heterocycles. The van der Waals surface area contributed by atoms with Gasteiger partial charge in [-0.05, 0) is 31.6 Å². The predicted molar refractivity (Wildman–Crippen MR) is 112 cm³/mol. The van der Waals surface area contributed by atoms with Crippen molar-refractivity contribution in [3.63, 3.8) is 0 Å². The molecule has 1 saturated carbocycles. The number of hydrogen-bond acceptors (Lipinski definition) is 4. The number of carboxylic acids is 1. The first kappa shape index (κ1) is 22.3. The van der Waals surface area contributed by atoms with Gasteiger partial charge in [-0.1, -0.05) is 38.5 Å². The number of fused-ring (bicyclic) bond motifs is 2. The minimum absolute atomic E-state index is 0.0541. The SMILES string of the molecule is O=C1CCCCCCCn2cnc(c2)CC(C(=O)O)NC(=O)C(C2CCCCC2)N1. The monoisotopic (exact) mass is 418 g/mol. The lowest BCUT2D eigenvalue weighted by molar-refractivity contribution is -0.142. The fraction of sp³-hybridized carbons (Fsp3) is 0.727. The number of carboxylic acid groups (broad SMARTS) is 1. The molecule has 3 rings (SSSR count). The summed E-state index contributed by atoms with van der Waals surface area (Å²) >= 11 is 0. The van der Waals surface area contributed by atoms with Gasteiger partial charge in [0, 0.05) is 25.6 Å². The third-order valence-corrected chi connectivity index (χ3v) is 6.25. The van der Waals surface area contributed by atoms with Crippen LogP contribution in [0.3, 0.4) is 0 Å². The van der Waals surface area contributed by atoms with E-state index in [0.717, 1.165) is 70.8 Å². The van der Waals surface area contributed by atoms with Crippen LogP contribution in [0.1, 0.15) is 76.3 Å². The van der Waals surface area contributed by atoms with Crippen LogP contribution >= 0.6 is 0 Å². The van der Waals surface area contributed by atoms with Gasteiger partial charge in [-0.25, -0.2) is 9.78 Å². The van der Waals surface area contributed by atoms with E-state index in [1.165, 1.54) is 0 Å². The lowest BCUT2D eigenvalue weighted by Crippen LogP contribution is -2.55. The summed E-state index contributed by atoms with van der Waals surface area (Å²) in [4.78, 5) is 41.7. The van der Waals surface area contributed by atoms with E-state index >= 15 is 0 Å². The van der Waals surface area contributed by atoms with E-state index in [1.54, 1.807) is 6.33 Å². The molecule has 1 aliphatic carbocycles. The zero-order valence-electron chi connectivity index (χ0n) is 17.6. The molecule has 0 spiro atoms. The summed E-state index contributed by atoms with van der Waals surface area (Å²) in [5, 5.41) is 15.3. The highest BCUT2D eigenvalue weighted by Crippen LogP contribution is 2.27. The Hall–Kier alpha value is -2.38. The number of rotatable bonds is 2. The Labute approximate surface area is 177 Å². The Morgan fingerprint density at radius 2 is 1.70 bits per heavy atom. The van der Waals surface area contributed by atoms with E-state index in [9.17, 15) is 19.5 Å². The van der Waals surface area contributed by atoms with Crippen LogP contribution in [0, 0.1) is 5.92 Å². The van der Waals surface area contributed by atoms with E-state index in [1.807, 2.05) is 10.8 Å². The highest BCUT2D eigenvalue weighted by atomic mass is 16.4. The second-order valence-electron chi connectivity index (χ2n) is 8.67. The van der Waals surface area contributed by atoms with E-state index in [2.05, 4.69) is 15.6 Å². The molecule has 166 valence electrons. The molecular weight excluding hydrogens is 384 g/mol. The molecule has 2 amide bonds. The molecule has 2 bridgehead atoms. The maximum absolute atomic E-state index is 13.1. The van der Waals surface area contributed by atoms with Gasteiger partial charge in [-0.2, -0.15) is 0 Å². The van der Waals surface area contributed by atoms with Crippen molar-refractivity contribution in [3.8, 4) is 0 Å². The smallest absolute Gasteiger partial charge is 0.326 e. The average molecular weight is 419 g/mol. The van der Waals surface area contributed by atoms with E-state index < -0.39 is 24.0 Å². The van der Waals surface area contributed by atoms with Gasteiger partial charge in [0.2, 0.25) is 11.8 Å². The highest BCUT2D eigenvalue weighted by Gasteiger charge is 2.33. The number of aliphatic carboxylic acids is 1. The summed E-state index contributed by atoms with van der Waals surface area (Å²) in [7, 11) is 0. The van der Waals surface area contributed by atoms with Crippen molar-refractivity contribution in [3.05, 3.63) is 18.2 Å². The summed E-state index contributed by atoms with van der Waals surface area (Å²) in [6, 6.07) is -1.74. The molecule has 0 radical (unpaired) electrons. The minimum atomic E-state index is -1.09. The van der Waals surface area contributed by atoms with Crippen LogP contribution in [0.5, 0.6) is 0 Å². The lowest BCUT2D eigenvalue weighted by atomic mass is 9.83. The van der Waals surface area contributed by atoms with Gasteiger partial charge in [-0.15, -0.1) is 0 Å². The van der Waals surface area contributed by atoms with Crippen molar-refractivity contribution < 1.29 is 19.5 Å². The van der Waals surface area contributed by atoms with Crippen molar-refractivity contribution in [2.24, 2.45) is 5.92 Å². The van der Waals surface area contributed by atoms with Crippen molar-refractivity contribution in [2.75, 3.05) is 0 Å². The average Bonchev–Trinajstić information content (AvgIpc) is 3.18. The molecule has 30 heavy (non-hydrogen) atoms. The topological polar surface area (TPSA) is 113 Å². The lowest BCUT2D eigenvalue weighted by Gasteiger charge is -2.31. The molecule has 2 aliphatic rings. The van der Waals surface area contributed by atoms with Gasteiger partial charge in [0.05, 0.1) is 12.0 Å². The summed E-state index contributed by atoms with van der Waals surface area (Å²) in [5.74, 6) is -1.55. The van der Waals surface area contributed by atoms with Crippen LogP contribution in [-0.4, -0.2) is 44.5 Å². The molecule has 2 atom stereocenters. The Morgan fingerprint density at radius 1 is 1.00 bits per heavy atom. The second kappa shape index (κ2) is 11.1. The zero-order valence-corrected chi connectivity index (χ0v) is 17.6. The third kappa shape index (κ3) is 6.57. The minimum Gasteiger partial charge on any atom is -0.480 e. The van der Waals surface area contributed by atoms with E-state index in [-0.39, 0.29) is 18.2 Å². The third-order valence-electron chi connectivity index (χ3n) is 6.25. The molecule has 1 aromatic heterocycles. The molecule has 1 aromatic rings. The number of nitrogens with zero attached hydrogens (tertiary/aromatic N) is 2. The Kier molecular flexibility index (Phi) is 8.28. The van der Waals surface area contributed by atoms with Crippen molar-refractivity contribution in [2.45, 2.75) is 95.7 Å². The molecule has 0 saturated heterocycles. The fourth-order valence-electron chi connectivity index (χ4n) is 4.53. The van der Waals surface area contributed by atoms with Crippen LogP contribution < -0.4 is 10.6 Å². The highest BCUT2D eigenvalue weighted by molar-refractivity contribution is 5.90. The van der Waals surface area contributed by atoms with Crippen LogP contribution in [0.4, 0.5) is 0 Å². The summed E-state index contributed by atoms with van der Waals surface area (Å²) in [6.45, 7) is 0.835. The largest absolute Gasteiger partial charge is 0.480 e. The van der Waals surface area contributed by atoms with E-state index in [0.29, 0.717) is 12.1 Å². The quantitative estimate of drug-likeness (QED) is 0.683. The van der Waals surface area contributed by atoms with Gasteiger partial charge in [-0.3, -0.25) is 9.59 Å². The van der Waals surface area contributed by atoms with Crippen LogP contribution in [0.2, 0.25) is 0 Å². The van der Waals surface area contributed by atoms with Gasteiger partial charge in [0.1, 0.15) is 12.1 Å². The predicted octanol–water partition coefficient (Wildman–Crippen LogP) is 2.41. The first-order valence-electron chi connectivity index (χ1n) is 11.4. The maximum atomic E-state index is 13.1. The van der Waals surface area contributed by atoms with E-state index in [4.69, 9.17) is 0 Å². The number of carbonyl (C=O) groups is 3. The number of carbonyl (C=O) groups excluding carboxylic acids is 2. The Bertz CT molecular complexity index is 726. The number of imidazole rings is 1. The van der Waals surface area contributed by atoms with Crippen molar-refractivity contribution in [1.29, 1.82) is 0 Å². The molecule has 8 heteroatoms. The van der Waals surface area contributed by atoms with Gasteiger partial charge < -0.3 is 20.3 Å². The molecule has 0 aromatic carbocycles. The van der Waals surface area contributed by atoms with Crippen molar-refractivity contribution >= 4 is 17.8 Å².